The minimum absolute atomic E-state index is 0.125. The van der Waals surface area contributed by atoms with Gasteiger partial charge in [-0.15, -0.1) is 0 Å². The van der Waals surface area contributed by atoms with Gasteiger partial charge in [0.25, 0.3) is 0 Å². The molecule has 2 rings (SSSR count). The van der Waals surface area contributed by atoms with Gasteiger partial charge in [0.2, 0.25) is 0 Å². The van der Waals surface area contributed by atoms with Crippen LogP contribution in [0.1, 0.15) is 11.1 Å². The third-order valence-corrected chi connectivity index (χ3v) is 3.92. The molecule has 0 saturated carbocycles. The van der Waals surface area contributed by atoms with Crippen molar-refractivity contribution < 1.29 is 23.4 Å². The number of esters is 1. The maximum atomic E-state index is 13.6. The van der Waals surface area contributed by atoms with Crippen molar-refractivity contribution in [1.82, 2.24) is 0 Å². The Morgan fingerprint density at radius 1 is 1.16 bits per heavy atom. The van der Waals surface area contributed by atoms with Crippen LogP contribution >= 0.6 is 23.2 Å². The highest BCUT2D eigenvalue weighted by molar-refractivity contribution is 6.32. The minimum Gasteiger partial charge on any atom is -0.493 e. The molecule has 0 fully saturated rings. The number of methoxy groups -OCH3 is 2. The van der Waals surface area contributed by atoms with E-state index in [-0.39, 0.29) is 17.2 Å². The summed E-state index contributed by atoms with van der Waals surface area (Å²) in [5, 5.41) is 0.538. The van der Waals surface area contributed by atoms with Gasteiger partial charge in [-0.05, 0) is 35.9 Å². The molecule has 0 N–H and O–H groups in total. The number of benzene rings is 2. The summed E-state index contributed by atoms with van der Waals surface area (Å²) in [4.78, 5) is 11.8. The highest BCUT2D eigenvalue weighted by atomic mass is 35.5. The van der Waals surface area contributed by atoms with Crippen molar-refractivity contribution >= 4 is 35.2 Å². The van der Waals surface area contributed by atoms with Gasteiger partial charge >= 0.3 is 5.97 Å². The zero-order chi connectivity index (χ0) is 18.4. The lowest BCUT2D eigenvalue weighted by atomic mass is 10.2. The number of hydrogen-bond acceptors (Lipinski definition) is 4. The average molecular weight is 385 g/mol. The standard InChI is InChI=1S/C18H15Cl2FO4/c1-23-16-9-11(8-14(20)18(16)24-2)6-7-17(22)25-10-12-13(19)4-3-5-15(12)21/h3-9H,10H2,1-2H3. The van der Waals surface area contributed by atoms with Crippen LogP contribution in [0.2, 0.25) is 10.0 Å². The SMILES string of the molecule is COc1cc(C=CC(=O)OCc2c(F)cccc2Cl)cc(Cl)c1OC. The summed E-state index contributed by atoms with van der Waals surface area (Å²) in [6, 6.07) is 7.51. The average Bonchev–Trinajstić information content (AvgIpc) is 2.59. The van der Waals surface area contributed by atoms with Gasteiger partial charge in [0.1, 0.15) is 12.4 Å². The highest BCUT2D eigenvalue weighted by Gasteiger charge is 2.11. The van der Waals surface area contributed by atoms with E-state index in [4.69, 9.17) is 37.4 Å². The molecule has 132 valence electrons. The lowest BCUT2D eigenvalue weighted by molar-refractivity contribution is -0.138. The third-order valence-electron chi connectivity index (χ3n) is 3.29. The van der Waals surface area contributed by atoms with Crippen LogP contribution in [0.15, 0.2) is 36.4 Å². The van der Waals surface area contributed by atoms with Crippen molar-refractivity contribution in [1.29, 1.82) is 0 Å². The molecule has 0 unspecified atom stereocenters. The van der Waals surface area contributed by atoms with E-state index in [0.717, 1.165) is 0 Å². The molecule has 2 aromatic carbocycles. The summed E-state index contributed by atoms with van der Waals surface area (Å²) < 4.78 is 28.9. The van der Waals surface area contributed by atoms with Crippen LogP contribution in [-0.2, 0) is 16.1 Å². The van der Waals surface area contributed by atoms with Crippen LogP contribution in [0.4, 0.5) is 4.39 Å². The van der Waals surface area contributed by atoms with Gasteiger partial charge in [-0.1, -0.05) is 29.3 Å². The summed E-state index contributed by atoms with van der Waals surface area (Å²) in [5.74, 6) is -0.347. The third kappa shape index (κ3) is 4.87. The molecule has 0 aliphatic rings. The quantitative estimate of drug-likeness (QED) is 0.524. The van der Waals surface area contributed by atoms with Gasteiger partial charge in [-0.3, -0.25) is 0 Å². The molecule has 0 bridgehead atoms. The molecule has 0 aliphatic heterocycles. The molecule has 7 heteroatoms. The Balaban J connectivity index is 2.07. The topological polar surface area (TPSA) is 44.8 Å². The van der Waals surface area contributed by atoms with E-state index in [9.17, 15) is 9.18 Å². The normalized spacial score (nSPS) is 10.8. The van der Waals surface area contributed by atoms with Crippen LogP contribution in [-0.4, -0.2) is 20.2 Å². The Kier molecular flexibility index (Phi) is 6.67. The zero-order valence-electron chi connectivity index (χ0n) is 13.5. The van der Waals surface area contributed by atoms with Crippen molar-refractivity contribution in [3.8, 4) is 11.5 Å². The molecule has 0 spiro atoms. The lowest BCUT2D eigenvalue weighted by Crippen LogP contribution is -2.03. The molecule has 0 saturated heterocycles. The van der Waals surface area contributed by atoms with Crippen molar-refractivity contribution in [2.24, 2.45) is 0 Å². The van der Waals surface area contributed by atoms with E-state index in [1.807, 2.05) is 0 Å². The van der Waals surface area contributed by atoms with Gasteiger partial charge in [-0.2, -0.15) is 0 Å². The van der Waals surface area contributed by atoms with E-state index in [1.54, 1.807) is 12.1 Å². The molecular formula is C18H15Cl2FO4. The minimum atomic E-state index is -0.648. The van der Waals surface area contributed by atoms with Crippen LogP contribution in [0.25, 0.3) is 6.08 Å². The molecule has 0 aromatic heterocycles. The predicted octanol–water partition coefficient (Wildman–Crippen LogP) is 4.91. The molecule has 2 aromatic rings. The number of halogens is 3. The summed E-state index contributed by atoms with van der Waals surface area (Å²) in [6.45, 7) is -0.263. The second-order valence-corrected chi connectivity index (χ2v) is 5.69. The maximum Gasteiger partial charge on any atom is 0.331 e. The summed E-state index contributed by atoms with van der Waals surface area (Å²) in [5.41, 5.74) is 0.739. The molecule has 0 amide bonds. The fraction of sp³-hybridized carbons (Fsp3) is 0.167. The van der Waals surface area contributed by atoms with Crippen molar-refractivity contribution in [3.05, 3.63) is 63.4 Å². The number of hydrogen-bond donors (Lipinski definition) is 0. The summed E-state index contributed by atoms with van der Waals surface area (Å²) in [7, 11) is 2.96. The van der Waals surface area contributed by atoms with E-state index in [1.165, 1.54) is 44.6 Å². The van der Waals surface area contributed by atoms with Gasteiger partial charge in [-0.25, -0.2) is 9.18 Å². The molecular weight excluding hydrogens is 370 g/mol. The first-order valence-corrected chi connectivity index (χ1v) is 7.91. The Labute approximate surface area is 154 Å². The predicted molar refractivity (Wildman–Crippen MR) is 94.8 cm³/mol. The monoisotopic (exact) mass is 384 g/mol. The Morgan fingerprint density at radius 2 is 1.92 bits per heavy atom. The van der Waals surface area contributed by atoms with E-state index >= 15 is 0 Å². The van der Waals surface area contributed by atoms with Gasteiger partial charge in [0.05, 0.1) is 24.3 Å². The second-order valence-electron chi connectivity index (χ2n) is 4.88. The molecule has 0 aliphatic carbocycles. The number of ether oxygens (including phenoxy) is 3. The summed E-state index contributed by atoms with van der Waals surface area (Å²) in [6.07, 6.45) is 2.70. The molecule has 4 nitrogen and oxygen atoms in total. The second kappa shape index (κ2) is 8.74. The van der Waals surface area contributed by atoms with Gasteiger partial charge in [0, 0.05) is 11.6 Å². The van der Waals surface area contributed by atoms with Crippen molar-refractivity contribution in [2.45, 2.75) is 6.61 Å². The van der Waals surface area contributed by atoms with Crippen molar-refractivity contribution in [2.75, 3.05) is 14.2 Å². The van der Waals surface area contributed by atoms with Crippen LogP contribution < -0.4 is 9.47 Å². The van der Waals surface area contributed by atoms with Gasteiger partial charge in [0.15, 0.2) is 11.5 Å². The Bertz CT molecular complexity index is 786. The Hall–Kier alpha value is -2.24. The number of carbonyl (C=O) groups is 1. The highest BCUT2D eigenvalue weighted by Crippen LogP contribution is 2.36. The van der Waals surface area contributed by atoms with Gasteiger partial charge < -0.3 is 14.2 Å². The largest absolute Gasteiger partial charge is 0.493 e. The van der Waals surface area contributed by atoms with Crippen LogP contribution in [0, 0.1) is 5.82 Å². The maximum absolute atomic E-state index is 13.6. The van der Waals surface area contributed by atoms with Crippen LogP contribution in [0.3, 0.4) is 0 Å². The number of rotatable bonds is 6. The zero-order valence-corrected chi connectivity index (χ0v) is 15.0. The lowest BCUT2D eigenvalue weighted by Gasteiger charge is -2.10. The molecule has 0 heterocycles. The Morgan fingerprint density at radius 3 is 2.56 bits per heavy atom. The smallest absolute Gasteiger partial charge is 0.331 e. The fourth-order valence-corrected chi connectivity index (χ4v) is 2.57. The van der Waals surface area contributed by atoms with E-state index < -0.39 is 11.8 Å². The first-order chi connectivity index (χ1) is 12.0. The van der Waals surface area contributed by atoms with Crippen molar-refractivity contribution in [3.63, 3.8) is 0 Å². The fourth-order valence-electron chi connectivity index (χ4n) is 2.06. The molecule has 0 atom stereocenters. The van der Waals surface area contributed by atoms with E-state index in [2.05, 4.69) is 0 Å². The van der Waals surface area contributed by atoms with Crippen LogP contribution in [0.5, 0.6) is 11.5 Å². The molecule has 25 heavy (non-hydrogen) atoms. The number of carbonyl (C=O) groups excluding carboxylic acids is 1. The first kappa shape index (κ1) is 19.1. The summed E-state index contributed by atoms with van der Waals surface area (Å²) >= 11 is 12.0. The first-order valence-electron chi connectivity index (χ1n) is 7.15. The molecule has 0 radical (unpaired) electrons. The van der Waals surface area contributed by atoms with E-state index in [0.29, 0.717) is 22.1 Å².